The Bertz CT molecular complexity index is 1380. The van der Waals surface area contributed by atoms with E-state index in [9.17, 15) is 18.3 Å². The summed E-state index contributed by atoms with van der Waals surface area (Å²) < 4.78 is 29.7. The Balaban J connectivity index is 1.29. The molecule has 2 N–H and O–H groups in total. The molecule has 3 aromatic rings. The van der Waals surface area contributed by atoms with E-state index in [0.29, 0.717) is 5.69 Å². The van der Waals surface area contributed by atoms with Gasteiger partial charge < -0.3 is 5.11 Å². The van der Waals surface area contributed by atoms with Crippen molar-refractivity contribution in [1.29, 1.82) is 0 Å². The minimum Gasteiger partial charge on any atom is -0.480 e. The Labute approximate surface area is 223 Å². The molecule has 9 nitrogen and oxygen atoms in total. The highest BCUT2D eigenvalue weighted by atomic mass is 32.2. The van der Waals surface area contributed by atoms with Crippen molar-refractivity contribution in [3.8, 4) is 0 Å². The van der Waals surface area contributed by atoms with Gasteiger partial charge in [0, 0.05) is 19.2 Å². The number of likely N-dealkylation sites (tertiary alicyclic amines) is 1. The smallest absolute Gasteiger partial charge is 0.322 e. The van der Waals surface area contributed by atoms with Crippen LogP contribution in [0.3, 0.4) is 0 Å². The van der Waals surface area contributed by atoms with Crippen molar-refractivity contribution in [2.45, 2.75) is 75.4 Å². The molecule has 202 valence electrons. The Morgan fingerprint density at radius 2 is 1.87 bits per heavy atom. The quantitative estimate of drug-likeness (QED) is 0.429. The molecule has 2 heterocycles. The van der Waals surface area contributed by atoms with Gasteiger partial charge in [0.2, 0.25) is 10.0 Å². The summed E-state index contributed by atoms with van der Waals surface area (Å²) in [7, 11) is -4.00. The molecule has 0 bridgehead atoms. The third kappa shape index (κ3) is 6.14. The fraction of sp³-hybridized carbons (Fsp3) is 0.464. The van der Waals surface area contributed by atoms with Gasteiger partial charge in [0.25, 0.3) is 0 Å². The number of hydrogen-bond acceptors (Lipinski definition) is 6. The number of aryl methyl sites for hydroxylation is 2. The molecule has 1 aliphatic carbocycles. The lowest BCUT2D eigenvalue weighted by atomic mass is 9.86. The molecule has 2 atom stereocenters. The molecular weight excluding hydrogens is 502 g/mol. The Hall–Kier alpha value is -3.08. The number of fused-ring (bicyclic) bond motifs is 1. The number of carboxylic acid groups (broad SMARTS) is 1. The number of carbonyl (C=O) groups is 1. The van der Waals surface area contributed by atoms with E-state index in [4.69, 9.17) is 0 Å². The third-order valence-electron chi connectivity index (χ3n) is 7.56. The predicted molar refractivity (Wildman–Crippen MR) is 143 cm³/mol. The van der Waals surface area contributed by atoms with E-state index >= 15 is 0 Å². The summed E-state index contributed by atoms with van der Waals surface area (Å²) >= 11 is 0. The van der Waals surface area contributed by atoms with Crippen molar-refractivity contribution < 1.29 is 18.3 Å². The second-order valence-corrected chi connectivity index (χ2v) is 12.2. The number of aromatic nitrogens is 3. The second-order valence-electron chi connectivity index (χ2n) is 10.5. The van der Waals surface area contributed by atoms with Gasteiger partial charge in [-0.15, -0.1) is 5.10 Å². The zero-order chi connectivity index (χ0) is 26.7. The van der Waals surface area contributed by atoms with Crippen molar-refractivity contribution in [2.75, 3.05) is 13.1 Å². The van der Waals surface area contributed by atoms with Crippen LogP contribution in [0.2, 0.25) is 0 Å². The predicted octanol–water partition coefficient (Wildman–Crippen LogP) is 3.47. The molecule has 10 heteroatoms. The first-order valence-electron chi connectivity index (χ1n) is 13.3. The number of piperidine rings is 1. The summed E-state index contributed by atoms with van der Waals surface area (Å²) in [5.74, 6) is -1.26. The van der Waals surface area contributed by atoms with Gasteiger partial charge in [0.15, 0.2) is 0 Å². The first-order chi connectivity index (χ1) is 18.3. The summed E-state index contributed by atoms with van der Waals surface area (Å²) in [5.41, 5.74) is 5.25. The van der Waals surface area contributed by atoms with E-state index in [2.05, 4.69) is 38.1 Å². The number of carboxylic acids is 1. The maximum atomic E-state index is 12.8. The Morgan fingerprint density at radius 1 is 1.11 bits per heavy atom. The lowest BCUT2D eigenvalue weighted by Crippen LogP contribution is -2.42. The van der Waals surface area contributed by atoms with Crippen LogP contribution in [0.1, 0.15) is 66.1 Å². The summed E-state index contributed by atoms with van der Waals surface area (Å²) in [6.07, 6.45) is 8.51. The van der Waals surface area contributed by atoms with Gasteiger partial charge in [-0.05, 0) is 80.9 Å². The molecule has 2 aromatic carbocycles. The van der Waals surface area contributed by atoms with E-state index in [1.165, 1.54) is 61.2 Å². The van der Waals surface area contributed by atoms with Gasteiger partial charge in [-0.25, -0.2) is 13.1 Å². The standard InChI is InChI=1S/C28H35N5O4S/c1-20-8-11-24(12-9-20)38(36,37)30-26(28(34)35)17-23-19-33(31-29-23)27-7-5-6-22-16-21(10-13-25(22)27)18-32-14-3-2-4-15-32/h8-13,16,19,26-27,30H,2-7,14-15,17-18H2,1H3,(H,34,35)/t26-,27?/m1/s1. The van der Waals surface area contributed by atoms with Crippen LogP contribution in [-0.2, 0) is 34.2 Å². The zero-order valence-electron chi connectivity index (χ0n) is 21.7. The average Bonchev–Trinajstić information content (AvgIpc) is 3.37. The van der Waals surface area contributed by atoms with Gasteiger partial charge in [-0.2, -0.15) is 4.72 Å². The molecule has 0 amide bonds. The second kappa shape index (κ2) is 11.3. The van der Waals surface area contributed by atoms with E-state index in [1.54, 1.807) is 23.0 Å². The van der Waals surface area contributed by atoms with Crippen molar-refractivity contribution >= 4 is 16.0 Å². The molecule has 38 heavy (non-hydrogen) atoms. The minimum absolute atomic E-state index is 0.0245. The SMILES string of the molecule is Cc1ccc(S(=O)(=O)N[C@H](Cc2cn(C3CCCc4cc(CN5CCCCC5)ccc43)nn2)C(=O)O)cc1. The molecule has 5 rings (SSSR count). The van der Waals surface area contributed by atoms with E-state index in [-0.39, 0.29) is 17.4 Å². The third-order valence-corrected chi connectivity index (χ3v) is 9.05. The average molecular weight is 538 g/mol. The molecule has 1 saturated heterocycles. The number of aliphatic carboxylic acids is 1. The van der Waals surface area contributed by atoms with Gasteiger partial charge in [0.1, 0.15) is 6.04 Å². The molecule has 2 aliphatic rings. The van der Waals surface area contributed by atoms with Crippen molar-refractivity contribution in [3.05, 3.63) is 76.6 Å². The van der Waals surface area contributed by atoms with Crippen molar-refractivity contribution in [3.63, 3.8) is 0 Å². The maximum absolute atomic E-state index is 12.8. The van der Waals surface area contributed by atoms with E-state index < -0.39 is 22.0 Å². The molecule has 0 spiro atoms. The number of rotatable bonds is 9. The topological polar surface area (TPSA) is 117 Å². The lowest BCUT2D eigenvalue weighted by Gasteiger charge is -2.29. The molecule has 0 saturated carbocycles. The first kappa shape index (κ1) is 26.5. The first-order valence-corrected chi connectivity index (χ1v) is 14.8. The fourth-order valence-electron chi connectivity index (χ4n) is 5.51. The molecule has 1 unspecified atom stereocenters. The van der Waals surface area contributed by atoms with Crippen LogP contribution in [0, 0.1) is 6.92 Å². The number of sulfonamides is 1. The van der Waals surface area contributed by atoms with Crippen LogP contribution in [0.15, 0.2) is 53.6 Å². The normalized spacial score (nSPS) is 19.1. The number of benzene rings is 2. The summed E-state index contributed by atoms with van der Waals surface area (Å²) in [6, 6.07) is 11.7. The monoisotopic (exact) mass is 537 g/mol. The number of nitrogens with one attached hydrogen (secondary N) is 1. The number of nitrogens with zero attached hydrogens (tertiary/aromatic N) is 4. The number of hydrogen-bond donors (Lipinski definition) is 2. The highest BCUT2D eigenvalue weighted by molar-refractivity contribution is 7.89. The van der Waals surface area contributed by atoms with Crippen LogP contribution in [-0.4, -0.2) is 58.5 Å². The molecule has 0 radical (unpaired) electrons. The Kier molecular flexibility index (Phi) is 7.92. The summed E-state index contributed by atoms with van der Waals surface area (Å²) in [6.45, 7) is 5.17. The largest absolute Gasteiger partial charge is 0.480 e. The van der Waals surface area contributed by atoms with Crippen molar-refractivity contribution in [2.24, 2.45) is 0 Å². The fourth-order valence-corrected chi connectivity index (χ4v) is 6.70. The molecule has 1 aliphatic heterocycles. The van der Waals surface area contributed by atoms with Crippen LogP contribution >= 0.6 is 0 Å². The van der Waals surface area contributed by atoms with Crippen LogP contribution < -0.4 is 4.72 Å². The summed E-state index contributed by atoms with van der Waals surface area (Å²) in [4.78, 5) is 14.5. The minimum atomic E-state index is -4.00. The highest BCUT2D eigenvalue weighted by Crippen LogP contribution is 2.33. The van der Waals surface area contributed by atoms with Crippen LogP contribution in [0.5, 0.6) is 0 Å². The molecule has 1 aromatic heterocycles. The van der Waals surface area contributed by atoms with Crippen molar-refractivity contribution in [1.82, 2.24) is 24.6 Å². The molecular formula is C28H35N5O4S. The Morgan fingerprint density at radius 3 is 2.61 bits per heavy atom. The van der Waals surface area contributed by atoms with E-state index in [0.717, 1.165) is 31.4 Å². The van der Waals surface area contributed by atoms with Gasteiger partial charge in [-0.3, -0.25) is 9.69 Å². The lowest BCUT2D eigenvalue weighted by molar-refractivity contribution is -0.138. The van der Waals surface area contributed by atoms with Crippen LogP contribution in [0.25, 0.3) is 0 Å². The van der Waals surface area contributed by atoms with E-state index in [1.807, 2.05) is 6.92 Å². The molecule has 1 fully saturated rings. The van der Waals surface area contributed by atoms with Crippen LogP contribution in [0.4, 0.5) is 0 Å². The van der Waals surface area contributed by atoms with Gasteiger partial charge in [-0.1, -0.05) is 47.5 Å². The zero-order valence-corrected chi connectivity index (χ0v) is 22.5. The highest BCUT2D eigenvalue weighted by Gasteiger charge is 2.28. The summed E-state index contributed by atoms with van der Waals surface area (Å²) in [5, 5.41) is 18.3. The van der Waals surface area contributed by atoms with Gasteiger partial charge >= 0.3 is 5.97 Å². The maximum Gasteiger partial charge on any atom is 0.322 e. The van der Waals surface area contributed by atoms with Gasteiger partial charge in [0.05, 0.1) is 16.6 Å².